The van der Waals surface area contributed by atoms with Crippen LogP contribution >= 0.6 is 0 Å². The average Bonchev–Trinajstić information content (AvgIpc) is 2.56. The SMILES string of the molecule is CC(C)(C(=O)O[C@@H]1O[C@H](CO)[C@@H](O)[C@H](O)[C@H]1O)c1ccccc1. The summed E-state index contributed by atoms with van der Waals surface area (Å²) in [4.78, 5) is 12.4. The molecule has 2 rings (SSSR count). The van der Waals surface area contributed by atoms with Crippen LogP contribution in [0, 0.1) is 0 Å². The van der Waals surface area contributed by atoms with Crippen LogP contribution in [0.1, 0.15) is 19.4 Å². The van der Waals surface area contributed by atoms with E-state index in [9.17, 15) is 20.1 Å². The van der Waals surface area contributed by atoms with Crippen molar-refractivity contribution in [3.05, 3.63) is 35.9 Å². The van der Waals surface area contributed by atoms with Crippen LogP contribution in [0.2, 0.25) is 0 Å². The first-order chi connectivity index (χ1) is 10.8. The highest BCUT2D eigenvalue weighted by atomic mass is 16.7. The first-order valence-corrected chi connectivity index (χ1v) is 7.36. The Morgan fingerprint density at radius 2 is 1.74 bits per heavy atom. The molecule has 0 radical (unpaired) electrons. The fourth-order valence-electron chi connectivity index (χ4n) is 2.39. The van der Waals surface area contributed by atoms with Gasteiger partial charge < -0.3 is 29.9 Å². The van der Waals surface area contributed by atoms with Crippen molar-refractivity contribution in [2.75, 3.05) is 6.61 Å². The van der Waals surface area contributed by atoms with Crippen molar-refractivity contribution in [2.24, 2.45) is 0 Å². The van der Waals surface area contributed by atoms with Crippen LogP contribution < -0.4 is 0 Å². The number of rotatable bonds is 4. The summed E-state index contributed by atoms with van der Waals surface area (Å²) in [6.07, 6.45) is -7.28. The molecule has 23 heavy (non-hydrogen) atoms. The van der Waals surface area contributed by atoms with E-state index in [1.165, 1.54) is 0 Å². The van der Waals surface area contributed by atoms with Gasteiger partial charge in [-0.15, -0.1) is 0 Å². The molecular weight excluding hydrogens is 304 g/mol. The van der Waals surface area contributed by atoms with Crippen LogP contribution in [-0.2, 0) is 19.7 Å². The minimum absolute atomic E-state index is 0.582. The normalized spacial score (nSPS) is 31.7. The highest BCUT2D eigenvalue weighted by molar-refractivity contribution is 5.82. The second-order valence-electron chi connectivity index (χ2n) is 6.09. The summed E-state index contributed by atoms with van der Waals surface area (Å²) in [5.74, 6) is -0.659. The van der Waals surface area contributed by atoms with Gasteiger partial charge in [0.25, 0.3) is 0 Å². The van der Waals surface area contributed by atoms with Crippen LogP contribution in [0.5, 0.6) is 0 Å². The van der Waals surface area contributed by atoms with E-state index >= 15 is 0 Å². The molecule has 1 aromatic rings. The fraction of sp³-hybridized carbons (Fsp3) is 0.562. The molecule has 0 unspecified atom stereocenters. The van der Waals surface area contributed by atoms with E-state index in [0.717, 1.165) is 5.56 Å². The third kappa shape index (κ3) is 3.54. The van der Waals surface area contributed by atoms with Gasteiger partial charge in [-0.05, 0) is 19.4 Å². The zero-order valence-corrected chi connectivity index (χ0v) is 13.0. The van der Waals surface area contributed by atoms with Crippen LogP contribution in [0.3, 0.4) is 0 Å². The Kier molecular flexibility index (Phi) is 5.38. The van der Waals surface area contributed by atoms with E-state index < -0.39 is 48.7 Å². The number of ether oxygens (including phenoxy) is 2. The number of carbonyl (C=O) groups is 1. The van der Waals surface area contributed by atoms with Gasteiger partial charge in [-0.2, -0.15) is 0 Å². The number of aliphatic hydroxyl groups excluding tert-OH is 4. The Morgan fingerprint density at radius 3 is 2.30 bits per heavy atom. The number of hydrogen-bond donors (Lipinski definition) is 4. The number of esters is 1. The van der Waals surface area contributed by atoms with E-state index in [4.69, 9.17) is 14.6 Å². The molecule has 1 heterocycles. The summed E-state index contributed by atoms with van der Waals surface area (Å²) in [5.41, 5.74) is -0.283. The molecular formula is C16H22O7. The molecule has 1 aliphatic heterocycles. The highest BCUT2D eigenvalue weighted by Crippen LogP contribution is 2.28. The van der Waals surface area contributed by atoms with Crippen molar-refractivity contribution in [2.45, 2.75) is 50.0 Å². The quantitative estimate of drug-likeness (QED) is 0.541. The largest absolute Gasteiger partial charge is 0.432 e. The molecule has 0 saturated carbocycles. The summed E-state index contributed by atoms with van der Waals surface area (Å²) in [6, 6.07) is 8.95. The summed E-state index contributed by atoms with van der Waals surface area (Å²) >= 11 is 0. The number of aliphatic hydroxyl groups is 4. The summed E-state index contributed by atoms with van der Waals surface area (Å²) in [6.45, 7) is 2.74. The van der Waals surface area contributed by atoms with Crippen molar-refractivity contribution in [1.82, 2.24) is 0 Å². The number of carbonyl (C=O) groups excluding carboxylic acids is 1. The first kappa shape index (κ1) is 17.8. The maximum atomic E-state index is 12.4. The van der Waals surface area contributed by atoms with E-state index in [1.54, 1.807) is 38.1 Å². The molecule has 7 nitrogen and oxygen atoms in total. The van der Waals surface area contributed by atoms with Crippen LogP contribution in [0.4, 0.5) is 0 Å². The van der Waals surface area contributed by atoms with Gasteiger partial charge in [0.2, 0.25) is 6.29 Å². The van der Waals surface area contributed by atoms with Gasteiger partial charge in [0, 0.05) is 0 Å². The molecule has 0 amide bonds. The molecule has 1 aliphatic rings. The minimum atomic E-state index is -1.61. The lowest BCUT2D eigenvalue weighted by Gasteiger charge is -2.40. The summed E-state index contributed by atoms with van der Waals surface area (Å²) in [5, 5.41) is 38.5. The van der Waals surface area contributed by atoms with Crippen LogP contribution in [-0.4, -0.2) is 63.7 Å². The van der Waals surface area contributed by atoms with Gasteiger partial charge in [0.15, 0.2) is 0 Å². The Balaban J connectivity index is 2.12. The van der Waals surface area contributed by atoms with Gasteiger partial charge in [0.05, 0.1) is 12.0 Å². The molecule has 0 aliphatic carbocycles. The number of hydrogen-bond acceptors (Lipinski definition) is 7. The first-order valence-electron chi connectivity index (χ1n) is 7.36. The molecule has 1 aromatic carbocycles. The minimum Gasteiger partial charge on any atom is -0.432 e. The van der Waals surface area contributed by atoms with Crippen molar-refractivity contribution >= 4 is 5.97 Å². The predicted octanol–water partition coefficient (Wildman–Crippen LogP) is -0.693. The number of benzene rings is 1. The zero-order valence-electron chi connectivity index (χ0n) is 13.0. The third-order valence-corrected chi connectivity index (χ3v) is 4.08. The van der Waals surface area contributed by atoms with Crippen LogP contribution in [0.15, 0.2) is 30.3 Å². The molecule has 7 heteroatoms. The molecule has 1 fully saturated rings. The van der Waals surface area contributed by atoms with E-state index in [2.05, 4.69) is 0 Å². The third-order valence-electron chi connectivity index (χ3n) is 4.08. The van der Waals surface area contributed by atoms with Gasteiger partial charge in [-0.3, -0.25) is 4.79 Å². The topological polar surface area (TPSA) is 116 Å². The second kappa shape index (κ2) is 6.94. The van der Waals surface area contributed by atoms with Gasteiger partial charge in [-0.25, -0.2) is 0 Å². The molecule has 0 bridgehead atoms. The average molecular weight is 326 g/mol. The Labute approximate surface area is 134 Å². The van der Waals surface area contributed by atoms with Crippen molar-refractivity contribution in [3.63, 3.8) is 0 Å². The second-order valence-corrected chi connectivity index (χ2v) is 6.09. The van der Waals surface area contributed by atoms with Crippen molar-refractivity contribution < 1.29 is 34.7 Å². The van der Waals surface area contributed by atoms with E-state index in [-0.39, 0.29) is 0 Å². The van der Waals surface area contributed by atoms with E-state index in [1.807, 2.05) is 6.07 Å². The molecule has 1 saturated heterocycles. The maximum absolute atomic E-state index is 12.4. The van der Waals surface area contributed by atoms with E-state index in [0.29, 0.717) is 0 Å². The Hall–Kier alpha value is -1.51. The van der Waals surface area contributed by atoms with Crippen LogP contribution in [0.25, 0.3) is 0 Å². The molecule has 128 valence electrons. The standard InChI is InChI=1S/C16H22O7/c1-16(2,9-6-4-3-5-7-9)15(21)23-14-13(20)12(19)11(18)10(8-17)22-14/h3-7,10-14,17-20H,8H2,1-2H3/t10-,11-,12+,13-,14+/m1/s1. The fourth-order valence-corrected chi connectivity index (χ4v) is 2.39. The summed E-state index contributed by atoms with van der Waals surface area (Å²) in [7, 11) is 0. The molecule has 0 aromatic heterocycles. The molecule has 5 atom stereocenters. The molecule has 0 spiro atoms. The molecule has 4 N–H and O–H groups in total. The monoisotopic (exact) mass is 326 g/mol. The highest BCUT2D eigenvalue weighted by Gasteiger charge is 2.46. The van der Waals surface area contributed by atoms with Gasteiger partial charge in [-0.1, -0.05) is 30.3 Å². The maximum Gasteiger partial charge on any atom is 0.318 e. The lowest BCUT2D eigenvalue weighted by Crippen LogP contribution is -2.60. The summed E-state index contributed by atoms with van der Waals surface area (Å²) < 4.78 is 10.4. The Morgan fingerprint density at radius 1 is 1.13 bits per heavy atom. The van der Waals surface area contributed by atoms with Crippen molar-refractivity contribution in [1.29, 1.82) is 0 Å². The van der Waals surface area contributed by atoms with Gasteiger partial charge >= 0.3 is 5.97 Å². The van der Waals surface area contributed by atoms with Crippen molar-refractivity contribution in [3.8, 4) is 0 Å². The lowest BCUT2D eigenvalue weighted by atomic mass is 9.85. The predicted molar refractivity (Wildman–Crippen MR) is 79.3 cm³/mol. The Bertz CT molecular complexity index is 528. The smallest absolute Gasteiger partial charge is 0.318 e. The lowest BCUT2D eigenvalue weighted by molar-refractivity contribution is -0.294. The van der Waals surface area contributed by atoms with Gasteiger partial charge in [0.1, 0.15) is 24.4 Å². The zero-order chi connectivity index (χ0) is 17.2.